The quantitative estimate of drug-likeness (QED) is 0.234. The van der Waals surface area contributed by atoms with E-state index < -0.39 is 8.32 Å². The summed E-state index contributed by atoms with van der Waals surface area (Å²) >= 11 is 0. The van der Waals surface area contributed by atoms with Gasteiger partial charge in [-0.15, -0.1) is 0 Å². The van der Waals surface area contributed by atoms with Gasteiger partial charge in [0.25, 0.3) is 8.32 Å². The van der Waals surface area contributed by atoms with Gasteiger partial charge in [0.15, 0.2) is 0 Å². The van der Waals surface area contributed by atoms with Gasteiger partial charge in [0, 0.05) is 13.0 Å². The molecule has 158 valence electrons. The van der Waals surface area contributed by atoms with E-state index in [1.165, 1.54) is 42.5 Å². The number of carbonyl (C=O) groups excluding carboxylic acids is 1. The average molecular weight is 411 g/mol. The standard InChI is InChI=1S/C26H38O2Si/c1-26(2,3)29(24-18-12-10-13-19-24,25-20-14-11-15-21-25)28-23-17-9-7-5-4-6-8-16-22-27/h10-15,18-22H,4-9,16-17,23H2,1-3H3. The Morgan fingerprint density at radius 2 is 1.17 bits per heavy atom. The Bertz CT molecular complexity index is 652. The monoisotopic (exact) mass is 410 g/mol. The largest absolute Gasteiger partial charge is 0.407 e. The molecule has 0 saturated heterocycles. The van der Waals surface area contributed by atoms with E-state index in [0.717, 1.165) is 25.7 Å². The molecule has 0 aliphatic carbocycles. The average Bonchev–Trinajstić information content (AvgIpc) is 2.72. The second-order valence-electron chi connectivity index (χ2n) is 8.94. The van der Waals surface area contributed by atoms with Crippen LogP contribution in [0.3, 0.4) is 0 Å². The highest BCUT2D eigenvalue weighted by atomic mass is 28.4. The van der Waals surface area contributed by atoms with E-state index in [1.807, 2.05) is 0 Å². The maximum absolute atomic E-state index is 10.4. The van der Waals surface area contributed by atoms with Gasteiger partial charge >= 0.3 is 0 Å². The number of unbranched alkanes of at least 4 members (excludes halogenated alkanes) is 7. The van der Waals surface area contributed by atoms with Crippen LogP contribution in [0, 0.1) is 0 Å². The fourth-order valence-electron chi connectivity index (χ4n) is 4.20. The van der Waals surface area contributed by atoms with Crippen molar-refractivity contribution in [3.05, 3.63) is 60.7 Å². The summed E-state index contributed by atoms with van der Waals surface area (Å²) in [5.74, 6) is 0. The Hall–Kier alpha value is -1.71. The molecule has 2 aromatic carbocycles. The van der Waals surface area contributed by atoms with Crippen molar-refractivity contribution in [2.24, 2.45) is 0 Å². The molecule has 0 amide bonds. The summed E-state index contributed by atoms with van der Waals surface area (Å²) in [6.07, 6.45) is 10.0. The molecule has 0 atom stereocenters. The number of carbonyl (C=O) groups is 1. The fraction of sp³-hybridized carbons (Fsp3) is 0.500. The lowest BCUT2D eigenvalue weighted by atomic mass is 10.1. The molecule has 2 rings (SSSR count). The predicted molar refractivity (Wildman–Crippen MR) is 127 cm³/mol. The molecule has 0 radical (unpaired) electrons. The molecule has 2 aromatic rings. The van der Waals surface area contributed by atoms with Gasteiger partial charge in [0.1, 0.15) is 6.29 Å². The van der Waals surface area contributed by atoms with Crippen LogP contribution < -0.4 is 10.4 Å². The van der Waals surface area contributed by atoms with E-state index in [-0.39, 0.29) is 5.04 Å². The Morgan fingerprint density at radius 1 is 0.724 bits per heavy atom. The molecule has 0 aliphatic rings. The Labute approximate surface area is 178 Å². The topological polar surface area (TPSA) is 26.3 Å². The molecule has 3 heteroatoms. The summed E-state index contributed by atoms with van der Waals surface area (Å²) in [4.78, 5) is 10.4. The van der Waals surface area contributed by atoms with Gasteiger partial charge in [-0.3, -0.25) is 0 Å². The van der Waals surface area contributed by atoms with Crippen LogP contribution in [-0.2, 0) is 9.22 Å². The fourth-order valence-corrected chi connectivity index (χ4v) is 8.81. The van der Waals surface area contributed by atoms with Crippen molar-refractivity contribution >= 4 is 25.0 Å². The van der Waals surface area contributed by atoms with Crippen LogP contribution in [0.4, 0.5) is 0 Å². The predicted octanol–water partition coefficient (Wildman–Crippen LogP) is 5.88. The Morgan fingerprint density at radius 3 is 1.62 bits per heavy atom. The minimum absolute atomic E-state index is 0.0499. The molecule has 0 aromatic heterocycles. The minimum Gasteiger partial charge on any atom is -0.407 e. The van der Waals surface area contributed by atoms with E-state index in [0.29, 0.717) is 6.42 Å². The maximum atomic E-state index is 10.4. The minimum atomic E-state index is -2.37. The van der Waals surface area contributed by atoms with E-state index in [1.54, 1.807) is 0 Å². The van der Waals surface area contributed by atoms with Gasteiger partial charge in [-0.25, -0.2) is 0 Å². The van der Waals surface area contributed by atoms with Gasteiger partial charge in [-0.1, -0.05) is 114 Å². The van der Waals surface area contributed by atoms with E-state index >= 15 is 0 Å². The molecule has 0 spiro atoms. The lowest BCUT2D eigenvalue weighted by molar-refractivity contribution is -0.107. The first kappa shape index (κ1) is 23.6. The second kappa shape index (κ2) is 12.1. The van der Waals surface area contributed by atoms with Crippen molar-refractivity contribution in [3.63, 3.8) is 0 Å². The zero-order chi connectivity index (χ0) is 21.0. The third kappa shape index (κ3) is 6.65. The first-order valence-corrected chi connectivity index (χ1v) is 13.1. The van der Waals surface area contributed by atoms with E-state index in [9.17, 15) is 4.79 Å². The summed E-state index contributed by atoms with van der Waals surface area (Å²) in [6, 6.07) is 21.7. The molecule has 29 heavy (non-hydrogen) atoms. The zero-order valence-corrected chi connectivity index (χ0v) is 19.5. The summed E-state index contributed by atoms with van der Waals surface area (Å²) in [5.41, 5.74) is 0. The van der Waals surface area contributed by atoms with Crippen LogP contribution in [0.1, 0.15) is 72.1 Å². The van der Waals surface area contributed by atoms with Gasteiger partial charge in [0.05, 0.1) is 0 Å². The zero-order valence-electron chi connectivity index (χ0n) is 18.5. The third-order valence-electron chi connectivity index (χ3n) is 5.70. The Kier molecular flexibility index (Phi) is 9.82. The Balaban J connectivity index is 2.01. The molecular formula is C26H38O2Si. The summed E-state index contributed by atoms with van der Waals surface area (Å²) < 4.78 is 6.93. The highest BCUT2D eigenvalue weighted by Crippen LogP contribution is 2.36. The molecule has 0 N–H and O–H groups in total. The maximum Gasteiger partial charge on any atom is 0.261 e. The van der Waals surface area contributed by atoms with Crippen LogP contribution in [0.5, 0.6) is 0 Å². The highest BCUT2D eigenvalue weighted by molar-refractivity contribution is 6.99. The number of hydrogen-bond acceptors (Lipinski definition) is 2. The smallest absolute Gasteiger partial charge is 0.261 e. The van der Waals surface area contributed by atoms with E-state index in [4.69, 9.17) is 4.43 Å². The van der Waals surface area contributed by atoms with E-state index in [2.05, 4.69) is 81.4 Å². The molecule has 0 saturated carbocycles. The van der Waals surface area contributed by atoms with Crippen molar-refractivity contribution in [1.29, 1.82) is 0 Å². The molecule has 0 unspecified atom stereocenters. The van der Waals surface area contributed by atoms with Crippen molar-refractivity contribution in [3.8, 4) is 0 Å². The number of hydrogen-bond donors (Lipinski definition) is 0. The van der Waals surface area contributed by atoms with Crippen LogP contribution in [-0.4, -0.2) is 21.2 Å². The van der Waals surface area contributed by atoms with Crippen molar-refractivity contribution in [1.82, 2.24) is 0 Å². The van der Waals surface area contributed by atoms with Gasteiger partial charge < -0.3 is 9.22 Å². The van der Waals surface area contributed by atoms with Crippen molar-refractivity contribution < 1.29 is 9.22 Å². The first-order valence-electron chi connectivity index (χ1n) is 11.2. The normalized spacial score (nSPS) is 12.1. The highest BCUT2D eigenvalue weighted by Gasteiger charge is 2.49. The molecule has 0 heterocycles. The second-order valence-corrected chi connectivity index (χ2v) is 13.2. The number of benzene rings is 2. The lowest BCUT2D eigenvalue weighted by Crippen LogP contribution is -2.66. The van der Waals surface area contributed by atoms with Crippen LogP contribution in [0.15, 0.2) is 60.7 Å². The third-order valence-corrected chi connectivity index (χ3v) is 10.7. The SMILES string of the molecule is CC(C)(C)[Si](OCCCCCCCCCC=O)(c1ccccc1)c1ccccc1. The first-order chi connectivity index (χ1) is 14.0. The van der Waals surface area contributed by atoms with Crippen LogP contribution in [0.25, 0.3) is 0 Å². The summed E-state index contributed by atoms with van der Waals surface area (Å²) in [7, 11) is -2.37. The van der Waals surface area contributed by atoms with Gasteiger partial charge in [0.2, 0.25) is 0 Å². The van der Waals surface area contributed by atoms with Gasteiger partial charge in [-0.2, -0.15) is 0 Å². The van der Waals surface area contributed by atoms with Crippen LogP contribution in [0.2, 0.25) is 5.04 Å². The molecule has 0 aliphatic heterocycles. The summed E-state index contributed by atoms with van der Waals surface area (Å²) in [6.45, 7) is 7.81. The molecular weight excluding hydrogens is 372 g/mol. The van der Waals surface area contributed by atoms with Crippen molar-refractivity contribution in [2.45, 2.75) is 77.2 Å². The molecule has 2 nitrogen and oxygen atoms in total. The molecule has 0 fully saturated rings. The molecule has 0 bridgehead atoms. The van der Waals surface area contributed by atoms with Crippen LogP contribution >= 0.6 is 0 Å². The number of rotatable bonds is 13. The van der Waals surface area contributed by atoms with Gasteiger partial charge in [-0.05, 0) is 28.3 Å². The van der Waals surface area contributed by atoms with Crippen molar-refractivity contribution in [2.75, 3.05) is 6.61 Å². The summed E-state index contributed by atoms with van der Waals surface area (Å²) in [5, 5.41) is 2.76. The number of aldehydes is 1. The lowest BCUT2D eigenvalue weighted by Gasteiger charge is -2.43.